The van der Waals surface area contributed by atoms with Gasteiger partial charge in [-0.2, -0.15) is 9.52 Å². The van der Waals surface area contributed by atoms with Gasteiger partial charge in [-0.3, -0.25) is 4.90 Å². The van der Waals surface area contributed by atoms with Gasteiger partial charge in [0.15, 0.2) is 0 Å². The Hall–Kier alpha value is -1.88. The van der Waals surface area contributed by atoms with Crippen LogP contribution in [0.2, 0.25) is 0 Å². The third-order valence-electron chi connectivity index (χ3n) is 6.19. The van der Waals surface area contributed by atoms with E-state index in [2.05, 4.69) is 16.6 Å². The number of likely N-dealkylation sites (tertiary alicyclic amines) is 1. The molecule has 31 heavy (non-hydrogen) atoms. The van der Waals surface area contributed by atoms with Gasteiger partial charge >= 0.3 is 0 Å². The van der Waals surface area contributed by atoms with E-state index in [4.69, 9.17) is 10.5 Å². The van der Waals surface area contributed by atoms with Crippen LogP contribution >= 0.6 is 0 Å². The number of nitrogens with two attached hydrogens (primary N) is 1. The predicted molar refractivity (Wildman–Crippen MR) is 114 cm³/mol. The van der Waals surface area contributed by atoms with Gasteiger partial charge in [0.25, 0.3) is 10.0 Å². The molecule has 170 valence electrons. The van der Waals surface area contributed by atoms with Gasteiger partial charge < -0.3 is 10.5 Å². The second-order valence-corrected chi connectivity index (χ2v) is 10.8. The maximum atomic E-state index is 14.2. The Morgan fingerprint density at radius 1 is 1.26 bits per heavy atom. The van der Waals surface area contributed by atoms with Crippen molar-refractivity contribution < 1.29 is 21.9 Å². The van der Waals surface area contributed by atoms with Crippen molar-refractivity contribution in [3.8, 4) is 0 Å². The molecule has 3 fully saturated rings. The van der Waals surface area contributed by atoms with Gasteiger partial charge in [-0.15, -0.1) is 0 Å². The first kappa shape index (κ1) is 22.3. The van der Waals surface area contributed by atoms with Crippen LogP contribution in [0.3, 0.4) is 0 Å². The quantitative estimate of drug-likeness (QED) is 0.689. The minimum Gasteiger partial charge on any atom is -0.372 e. The lowest BCUT2D eigenvalue weighted by molar-refractivity contribution is 0.0433. The van der Waals surface area contributed by atoms with Crippen LogP contribution in [0.4, 0.5) is 8.78 Å². The molecule has 1 aliphatic carbocycles. The molecule has 3 atom stereocenters. The van der Waals surface area contributed by atoms with Gasteiger partial charge in [0.1, 0.15) is 17.7 Å². The van der Waals surface area contributed by atoms with Crippen molar-refractivity contribution in [3.05, 3.63) is 47.5 Å². The summed E-state index contributed by atoms with van der Waals surface area (Å²) in [5.74, 6) is -1.07. The van der Waals surface area contributed by atoms with Crippen LogP contribution in [0.5, 0.6) is 0 Å². The number of ether oxygens (including phenoxy) is 1. The Morgan fingerprint density at radius 2 is 2.00 bits per heavy atom. The number of hydrogen-bond donors (Lipinski definition) is 1. The highest BCUT2D eigenvalue weighted by Gasteiger charge is 2.40. The molecule has 0 aromatic heterocycles. The largest absolute Gasteiger partial charge is 0.372 e. The lowest BCUT2D eigenvalue weighted by Crippen LogP contribution is -2.39. The number of benzene rings is 1. The second kappa shape index (κ2) is 8.57. The van der Waals surface area contributed by atoms with E-state index < -0.39 is 33.8 Å². The summed E-state index contributed by atoms with van der Waals surface area (Å²) in [5, 5.41) is 4.00. The summed E-state index contributed by atoms with van der Waals surface area (Å²) in [6.45, 7) is 5.41. The molecule has 2 aliphatic heterocycles. The summed E-state index contributed by atoms with van der Waals surface area (Å²) >= 11 is 0. The van der Waals surface area contributed by atoms with Crippen molar-refractivity contribution in [2.45, 2.75) is 49.1 Å². The van der Waals surface area contributed by atoms with Crippen molar-refractivity contribution in [2.75, 3.05) is 26.7 Å². The standard InChI is InChI=1S/C21H28F2N4O3S/c1-13-11-27(12-20(13)25-26(2)31(28,29)16-4-5-16)15-7-8-30-21(19(24)10-15)17-9-14(22)3-6-18(17)23/h3,6,9,15-16,19,21H,1,4-5,7-8,10-12,24H2,2H3/b25-20-/t15-,19-,21+/m0/s1. The molecule has 7 nitrogen and oxygen atoms in total. The van der Waals surface area contributed by atoms with Gasteiger partial charge in [-0.25, -0.2) is 17.2 Å². The van der Waals surface area contributed by atoms with E-state index in [0.717, 1.165) is 28.2 Å². The van der Waals surface area contributed by atoms with Gasteiger partial charge in [-0.1, -0.05) is 6.58 Å². The highest BCUT2D eigenvalue weighted by molar-refractivity contribution is 7.89. The van der Waals surface area contributed by atoms with Crippen molar-refractivity contribution in [2.24, 2.45) is 10.8 Å². The van der Waals surface area contributed by atoms with Crippen molar-refractivity contribution in [1.82, 2.24) is 9.31 Å². The molecule has 0 unspecified atom stereocenters. The highest BCUT2D eigenvalue weighted by Crippen LogP contribution is 2.33. The van der Waals surface area contributed by atoms with E-state index >= 15 is 0 Å². The van der Waals surface area contributed by atoms with Crippen LogP contribution in [0.25, 0.3) is 0 Å². The summed E-state index contributed by atoms with van der Waals surface area (Å²) in [6.07, 6.45) is 1.82. The summed E-state index contributed by atoms with van der Waals surface area (Å²) in [6, 6.07) is 2.81. The maximum absolute atomic E-state index is 14.2. The molecule has 0 spiro atoms. The zero-order chi connectivity index (χ0) is 22.3. The molecule has 1 aromatic carbocycles. The predicted octanol–water partition coefficient (Wildman–Crippen LogP) is 2.16. The Morgan fingerprint density at radius 3 is 2.71 bits per heavy atom. The van der Waals surface area contributed by atoms with Crippen LogP contribution < -0.4 is 5.73 Å². The smallest absolute Gasteiger partial charge is 0.252 e. The van der Waals surface area contributed by atoms with Crippen molar-refractivity contribution in [3.63, 3.8) is 0 Å². The SMILES string of the molecule is C=C1CN([C@H]2CCO[C@H](c3cc(F)ccc3F)[C@@H](N)C2)C/C1=N/N(C)S(=O)(=O)C1CC1. The molecule has 4 rings (SSSR count). The molecule has 1 aromatic rings. The first-order valence-electron chi connectivity index (χ1n) is 10.5. The third-order valence-corrected chi connectivity index (χ3v) is 8.33. The summed E-state index contributed by atoms with van der Waals surface area (Å²) < 4.78 is 59.5. The average molecular weight is 455 g/mol. The van der Waals surface area contributed by atoms with E-state index in [1.54, 1.807) is 0 Å². The summed E-state index contributed by atoms with van der Waals surface area (Å²) in [5.41, 5.74) is 7.89. The number of halogens is 2. The van der Waals surface area contributed by atoms with Crippen LogP contribution in [0, 0.1) is 11.6 Å². The fourth-order valence-corrected chi connectivity index (χ4v) is 5.64. The Balaban J connectivity index is 1.45. The number of rotatable bonds is 5. The Bertz CT molecular complexity index is 996. The fraction of sp³-hybridized carbons (Fsp3) is 0.571. The normalized spacial score (nSPS) is 29.4. The van der Waals surface area contributed by atoms with Crippen LogP contribution in [-0.4, -0.2) is 67.5 Å². The first-order chi connectivity index (χ1) is 14.7. The zero-order valence-electron chi connectivity index (χ0n) is 17.5. The van der Waals surface area contributed by atoms with Crippen LogP contribution in [-0.2, 0) is 14.8 Å². The minimum absolute atomic E-state index is 0.0337. The fourth-order valence-electron chi connectivity index (χ4n) is 4.26. The molecule has 3 aliphatic rings. The molecule has 0 amide bonds. The topological polar surface area (TPSA) is 88.2 Å². The molecule has 2 N–H and O–H groups in total. The Kier molecular flexibility index (Phi) is 6.17. The number of hydrazone groups is 1. The van der Waals surface area contributed by atoms with E-state index in [9.17, 15) is 17.2 Å². The van der Waals surface area contributed by atoms with Crippen molar-refractivity contribution >= 4 is 15.7 Å². The first-order valence-corrected chi connectivity index (χ1v) is 12.0. The highest BCUT2D eigenvalue weighted by atomic mass is 32.2. The van der Waals surface area contributed by atoms with Gasteiger partial charge in [0.05, 0.1) is 11.0 Å². The minimum atomic E-state index is -3.40. The molecule has 1 saturated carbocycles. The molecule has 2 heterocycles. The third kappa shape index (κ3) is 4.67. The monoisotopic (exact) mass is 454 g/mol. The number of hydrogen-bond acceptors (Lipinski definition) is 6. The average Bonchev–Trinajstić information content (AvgIpc) is 3.53. The summed E-state index contributed by atoms with van der Waals surface area (Å²) in [4.78, 5) is 2.15. The summed E-state index contributed by atoms with van der Waals surface area (Å²) in [7, 11) is -1.94. The zero-order valence-corrected chi connectivity index (χ0v) is 18.3. The van der Waals surface area contributed by atoms with Crippen LogP contribution in [0.1, 0.15) is 37.4 Å². The van der Waals surface area contributed by atoms with Gasteiger partial charge in [-0.05, 0) is 49.5 Å². The van der Waals surface area contributed by atoms with E-state index in [0.29, 0.717) is 51.1 Å². The molecule has 2 saturated heterocycles. The Labute approximate surface area is 181 Å². The molecular weight excluding hydrogens is 426 g/mol. The van der Waals surface area contributed by atoms with Gasteiger partial charge in [0.2, 0.25) is 0 Å². The number of sulfonamides is 1. The lowest BCUT2D eigenvalue weighted by Gasteiger charge is -2.28. The van der Waals surface area contributed by atoms with Gasteiger partial charge in [0, 0.05) is 44.4 Å². The molecule has 0 bridgehead atoms. The van der Waals surface area contributed by atoms with E-state index in [-0.39, 0.29) is 16.9 Å². The number of nitrogens with zero attached hydrogens (tertiary/aromatic N) is 3. The van der Waals surface area contributed by atoms with E-state index in [1.165, 1.54) is 7.05 Å². The van der Waals surface area contributed by atoms with E-state index in [1.807, 2.05) is 0 Å². The second-order valence-electron chi connectivity index (χ2n) is 8.53. The molecule has 10 heteroatoms. The molecular formula is C21H28F2N4O3S. The van der Waals surface area contributed by atoms with Crippen molar-refractivity contribution in [1.29, 1.82) is 0 Å². The lowest BCUT2D eigenvalue weighted by atomic mass is 9.96. The van der Waals surface area contributed by atoms with Crippen LogP contribution in [0.15, 0.2) is 35.5 Å². The maximum Gasteiger partial charge on any atom is 0.252 e. The molecule has 0 radical (unpaired) electrons.